The summed E-state index contributed by atoms with van der Waals surface area (Å²) in [6.07, 6.45) is 2.76. The SMILES string of the molecule is O=Cc1cn(CC2=CC(C(F)(F)F)CC=C2)c2ccccc12. The van der Waals surface area contributed by atoms with Crippen LogP contribution in [0.5, 0.6) is 0 Å². The Balaban J connectivity index is 1.95. The molecule has 1 aromatic carbocycles. The minimum absolute atomic E-state index is 0.0149. The van der Waals surface area contributed by atoms with E-state index in [0.29, 0.717) is 17.7 Å². The second-order valence-electron chi connectivity index (χ2n) is 5.38. The van der Waals surface area contributed by atoms with Crippen LogP contribution in [-0.4, -0.2) is 17.0 Å². The Labute approximate surface area is 125 Å². The molecule has 1 unspecified atom stereocenters. The van der Waals surface area contributed by atoms with E-state index in [-0.39, 0.29) is 6.42 Å². The number of hydrogen-bond donors (Lipinski definition) is 0. The van der Waals surface area contributed by atoms with Gasteiger partial charge in [-0.15, -0.1) is 0 Å². The summed E-state index contributed by atoms with van der Waals surface area (Å²) in [7, 11) is 0. The Morgan fingerprint density at radius 3 is 2.77 bits per heavy atom. The highest BCUT2D eigenvalue weighted by Gasteiger charge is 2.38. The minimum atomic E-state index is -4.22. The van der Waals surface area contributed by atoms with Crippen LogP contribution in [0.3, 0.4) is 0 Å². The van der Waals surface area contributed by atoms with Gasteiger partial charge in [0.15, 0.2) is 6.29 Å². The zero-order chi connectivity index (χ0) is 15.7. The number of benzene rings is 1. The molecule has 0 bridgehead atoms. The molecule has 1 aliphatic carbocycles. The molecule has 0 radical (unpaired) electrons. The molecular weight excluding hydrogens is 291 g/mol. The molecule has 2 nitrogen and oxygen atoms in total. The van der Waals surface area contributed by atoms with Gasteiger partial charge >= 0.3 is 6.18 Å². The maximum absolute atomic E-state index is 12.8. The largest absolute Gasteiger partial charge is 0.395 e. The Hall–Kier alpha value is -2.30. The predicted octanol–water partition coefficient (Wildman–Crippen LogP) is 4.52. The van der Waals surface area contributed by atoms with Crippen LogP contribution in [0.1, 0.15) is 16.8 Å². The maximum atomic E-state index is 12.8. The molecule has 1 heterocycles. The van der Waals surface area contributed by atoms with Gasteiger partial charge in [0.25, 0.3) is 0 Å². The van der Waals surface area contributed by atoms with Gasteiger partial charge in [-0.3, -0.25) is 4.79 Å². The monoisotopic (exact) mass is 305 g/mol. The van der Waals surface area contributed by atoms with Crippen LogP contribution in [0.15, 0.2) is 54.3 Å². The second-order valence-corrected chi connectivity index (χ2v) is 5.38. The molecule has 1 aromatic heterocycles. The summed E-state index contributed by atoms with van der Waals surface area (Å²) in [6.45, 7) is 0.317. The third-order valence-corrected chi connectivity index (χ3v) is 3.86. The topological polar surface area (TPSA) is 22.0 Å². The van der Waals surface area contributed by atoms with Gasteiger partial charge in [0.2, 0.25) is 0 Å². The average molecular weight is 305 g/mol. The summed E-state index contributed by atoms with van der Waals surface area (Å²) in [6, 6.07) is 7.37. The summed E-state index contributed by atoms with van der Waals surface area (Å²) in [5, 5.41) is 0.810. The van der Waals surface area contributed by atoms with Gasteiger partial charge in [0.1, 0.15) is 0 Å². The van der Waals surface area contributed by atoms with Crippen molar-refractivity contribution >= 4 is 17.2 Å². The number of aldehydes is 1. The Bertz CT molecular complexity index is 768. The van der Waals surface area contributed by atoms with E-state index in [1.54, 1.807) is 18.3 Å². The number of aromatic nitrogens is 1. The van der Waals surface area contributed by atoms with E-state index >= 15 is 0 Å². The van der Waals surface area contributed by atoms with Crippen LogP contribution in [0.4, 0.5) is 13.2 Å². The number of carbonyl (C=O) groups excluding carboxylic acids is 1. The number of hydrogen-bond acceptors (Lipinski definition) is 1. The third kappa shape index (κ3) is 2.71. The van der Waals surface area contributed by atoms with Crippen molar-refractivity contribution in [3.05, 3.63) is 59.8 Å². The lowest BCUT2D eigenvalue weighted by Crippen LogP contribution is -2.22. The quantitative estimate of drug-likeness (QED) is 0.764. The molecule has 22 heavy (non-hydrogen) atoms. The molecule has 0 N–H and O–H groups in total. The lowest BCUT2D eigenvalue weighted by atomic mass is 9.95. The van der Waals surface area contributed by atoms with Gasteiger partial charge in [-0.2, -0.15) is 13.2 Å². The van der Waals surface area contributed by atoms with Crippen molar-refractivity contribution in [2.75, 3.05) is 0 Å². The van der Waals surface area contributed by atoms with E-state index in [9.17, 15) is 18.0 Å². The lowest BCUT2D eigenvalue weighted by Gasteiger charge is -2.20. The molecule has 0 saturated heterocycles. The standard InChI is InChI=1S/C17H14F3NO/c18-17(19,20)14-5-3-4-12(8-14)9-21-10-13(11-22)15-6-1-2-7-16(15)21/h1-4,6-8,10-11,14H,5,9H2. The van der Waals surface area contributed by atoms with E-state index < -0.39 is 12.1 Å². The number of halogens is 3. The molecule has 3 rings (SSSR count). The molecule has 1 atom stereocenters. The number of alkyl halides is 3. The average Bonchev–Trinajstić information content (AvgIpc) is 2.85. The first-order chi connectivity index (χ1) is 10.5. The first kappa shape index (κ1) is 14.6. The van der Waals surface area contributed by atoms with E-state index in [1.165, 1.54) is 6.08 Å². The number of rotatable bonds is 3. The Morgan fingerprint density at radius 2 is 2.05 bits per heavy atom. The number of carbonyl (C=O) groups is 1. The fourth-order valence-electron chi connectivity index (χ4n) is 2.78. The third-order valence-electron chi connectivity index (χ3n) is 3.86. The zero-order valence-corrected chi connectivity index (χ0v) is 11.7. The number of allylic oxidation sites excluding steroid dienone is 4. The number of fused-ring (bicyclic) bond motifs is 1. The number of para-hydroxylation sites is 1. The van der Waals surface area contributed by atoms with Crippen molar-refractivity contribution in [3.8, 4) is 0 Å². The van der Waals surface area contributed by atoms with Crippen molar-refractivity contribution < 1.29 is 18.0 Å². The van der Waals surface area contributed by atoms with E-state index in [2.05, 4.69) is 0 Å². The summed E-state index contributed by atoms with van der Waals surface area (Å²) in [5.74, 6) is -1.43. The first-order valence-electron chi connectivity index (χ1n) is 6.96. The van der Waals surface area contributed by atoms with E-state index in [4.69, 9.17) is 0 Å². The molecule has 0 aliphatic heterocycles. The molecular formula is C17H14F3NO. The van der Waals surface area contributed by atoms with Crippen molar-refractivity contribution in [2.24, 2.45) is 5.92 Å². The summed E-state index contributed by atoms with van der Waals surface area (Å²) >= 11 is 0. The van der Waals surface area contributed by atoms with Gasteiger partial charge in [0.05, 0.1) is 5.92 Å². The molecule has 2 aromatic rings. The van der Waals surface area contributed by atoms with Crippen molar-refractivity contribution in [3.63, 3.8) is 0 Å². The second kappa shape index (κ2) is 5.48. The van der Waals surface area contributed by atoms with Crippen molar-refractivity contribution in [2.45, 2.75) is 19.1 Å². The highest BCUT2D eigenvalue weighted by molar-refractivity contribution is 5.97. The van der Waals surface area contributed by atoms with Crippen LogP contribution in [0.2, 0.25) is 0 Å². The Morgan fingerprint density at radius 1 is 1.27 bits per heavy atom. The highest BCUT2D eigenvalue weighted by Crippen LogP contribution is 2.34. The molecule has 5 heteroatoms. The van der Waals surface area contributed by atoms with Crippen LogP contribution in [-0.2, 0) is 6.54 Å². The van der Waals surface area contributed by atoms with Gasteiger partial charge in [0, 0.05) is 29.2 Å². The molecule has 0 fully saturated rings. The van der Waals surface area contributed by atoms with Crippen LogP contribution in [0, 0.1) is 5.92 Å². The van der Waals surface area contributed by atoms with E-state index in [1.807, 2.05) is 28.8 Å². The van der Waals surface area contributed by atoms with Crippen LogP contribution >= 0.6 is 0 Å². The fourth-order valence-corrected chi connectivity index (χ4v) is 2.78. The number of nitrogens with zero attached hydrogens (tertiary/aromatic N) is 1. The van der Waals surface area contributed by atoms with Gasteiger partial charge < -0.3 is 4.57 Å². The summed E-state index contributed by atoms with van der Waals surface area (Å²) < 4.78 is 40.3. The van der Waals surface area contributed by atoms with Crippen LogP contribution in [0.25, 0.3) is 10.9 Å². The Kier molecular flexibility index (Phi) is 3.64. The summed E-state index contributed by atoms with van der Waals surface area (Å²) in [4.78, 5) is 11.1. The van der Waals surface area contributed by atoms with Gasteiger partial charge in [-0.05, 0) is 18.1 Å². The van der Waals surface area contributed by atoms with Crippen molar-refractivity contribution in [1.82, 2.24) is 4.57 Å². The normalized spacial score (nSPS) is 18.5. The van der Waals surface area contributed by atoms with Crippen LogP contribution < -0.4 is 0 Å². The fraction of sp³-hybridized carbons (Fsp3) is 0.235. The molecule has 1 aliphatic rings. The molecule has 0 saturated carbocycles. The summed E-state index contributed by atoms with van der Waals surface area (Å²) in [5.41, 5.74) is 1.99. The van der Waals surface area contributed by atoms with Gasteiger partial charge in [-0.1, -0.05) is 36.4 Å². The highest BCUT2D eigenvalue weighted by atomic mass is 19.4. The van der Waals surface area contributed by atoms with E-state index in [0.717, 1.165) is 17.2 Å². The smallest absolute Gasteiger partial charge is 0.342 e. The zero-order valence-electron chi connectivity index (χ0n) is 11.7. The lowest BCUT2D eigenvalue weighted by molar-refractivity contribution is -0.160. The van der Waals surface area contributed by atoms with Gasteiger partial charge in [-0.25, -0.2) is 0 Å². The first-order valence-corrected chi connectivity index (χ1v) is 6.96. The molecule has 0 spiro atoms. The maximum Gasteiger partial charge on any atom is 0.395 e. The molecule has 0 amide bonds. The van der Waals surface area contributed by atoms with Crippen molar-refractivity contribution in [1.29, 1.82) is 0 Å². The minimum Gasteiger partial charge on any atom is -0.342 e. The molecule has 114 valence electrons. The predicted molar refractivity (Wildman–Crippen MR) is 78.7 cm³/mol.